The van der Waals surface area contributed by atoms with E-state index in [9.17, 15) is 0 Å². The lowest BCUT2D eigenvalue weighted by Gasteiger charge is -2.07. The van der Waals surface area contributed by atoms with Gasteiger partial charge in [0.2, 0.25) is 0 Å². The Morgan fingerprint density at radius 3 is 1.29 bits per heavy atom. The second-order valence-electron chi connectivity index (χ2n) is 2.23. The zero-order valence-corrected chi connectivity index (χ0v) is 14.3. The van der Waals surface area contributed by atoms with Gasteiger partial charge in [0.25, 0.3) is 0 Å². The smallest absolute Gasteiger partial charge is 0.132 e. The molecule has 0 N–H and O–H groups in total. The van der Waals surface area contributed by atoms with E-state index in [0.717, 1.165) is 0 Å². The quantitative estimate of drug-likeness (QED) is 0.607. The Morgan fingerprint density at radius 2 is 1.07 bits per heavy atom. The maximum Gasteiger partial charge on any atom is 0.329 e. The van der Waals surface area contributed by atoms with Gasteiger partial charge < -0.3 is 0 Å². The van der Waals surface area contributed by atoms with Crippen LogP contribution in [0.1, 0.15) is 13.8 Å². The molecule has 1 rings (SSSR count). The lowest BCUT2D eigenvalue weighted by atomic mass is 9.80. The molecule has 0 nitrogen and oxygen atoms in total. The van der Waals surface area contributed by atoms with Gasteiger partial charge in [0.15, 0.2) is 0 Å². The van der Waals surface area contributed by atoms with Crippen molar-refractivity contribution in [3.8, 4) is 0 Å². The number of hydrogen-bond donors (Lipinski definition) is 0. The lowest BCUT2D eigenvalue weighted by Crippen LogP contribution is -2.39. The maximum atomic E-state index is 3.48. The monoisotopic (exact) mass is 444 g/mol. The summed E-state index contributed by atoms with van der Waals surface area (Å²) in [4.78, 5) is 0. The summed E-state index contributed by atoms with van der Waals surface area (Å²) in [5.74, 6) is 0. The van der Waals surface area contributed by atoms with Crippen molar-refractivity contribution < 1.29 is 0 Å². The molecule has 76 valence electrons. The molecule has 0 amide bonds. The fraction of sp³-hybridized carbons (Fsp3) is 0.250. The third kappa shape index (κ3) is 4.86. The number of rotatable bonds is 2. The first-order valence-electron chi connectivity index (χ1n) is 4.28. The fourth-order valence-corrected chi connectivity index (χ4v) is 2.58. The van der Waals surface area contributed by atoms with E-state index >= 15 is 0 Å². The van der Waals surface area contributed by atoms with E-state index in [1.165, 1.54) is 10.9 Å². The average molecular weight is 447 g/mol. The molecule has 0 spiro atoms. The second kappa shape index (κ2) is 8.43. The fourth-order valence-electron chi connectivity index (χ4n) is 0.908. The third-order valence-electron chi connectivity index (χ3n) is 1.47. The molecule has 0 aliphatic rings. The van der Waals surface area contributed by atoms with E-state index in [1.54, 1.807) is 0 Å². The van der Waals surface area contributed by atoms with Crippen LogP contribution in [0, 0.1) is 0 Å². The predicted molar refractivity (Wildman–Crippen MR) is 84.3 cm³/mol. The van der Waals surface area contributed by atoms with Crippen molar-refractivity contribution in [2.75, 3.05) is 0 Å². The van der Waals surface area contributed by atoms with Gasteiger partial charge in [-0.1, -0.05) is 49.0 Å². The van der Waals surface area contributed by atoms with Gasteiger partial charge >= 0.3 is 8.72 Å². The van der Waals surface area contributed by atoms with Gasteiger partial charge in [-0.15, -0.1) is 63.0 Å². The molecule has 14 heavy (non-hydrogen) atoms. The van der Waals surface area contributed by atoms with Crippen molar-refractivity contribution in [1.29, 1.82) is 0 Å². The van der Waals surface area contributed by atoms with Gasteiger partial charge in [-0.2, -0.15) is 0 Å². The van der Waals surface area contributed by atoms with Crippen LogP contribution in [0.2, 0.25) is 0 Å². The Kier molecular flexibility index (Phi) is 9.19. The summed E-state index contributed by atoms with van der Waals surface area (Å²) < 4.78 is 0.414. The zero-order chi connectivity index (χ0) is 11.1. The van der Waals surface area contributed by atoms with E-state index < -0.39 is 0 Å². The number of benzene rings is 1. The van der Waals surface area contributed by atoms with Gasteiger partial charge in [-0.05, 0) is 0 Å². The van der Waals surface area contributed by atoms with Gasteiger partial charge in [0.05, 0.1) is 0 Å². The molecule has 0 unspecified atom stereocenters. The van der Waals surface area contributed by atoms with E-state index in [4.69, 9.17) is 0 Å². The van der Waals surface area contributed by atoms with Crippen LogP contribution in [0.4, 0.5) is 0 Å². The molecule has 0 aliphatic heterocycles. The highest BCUT2D eigenvalue weighted by Gasteiger charge is 2.17. The molecule has 0 aromatic heterocycles. The minimum atomic E-state index is 0.207. The average Bonchev–Trinajstić information content (AvgIpc) is 2.20. The van der Waals surface area contributed by atoms with Crippen LogP contribution in [0.3, 0.4) is 0 Å². The number of hydrogen-bond acceptors (Lipinski definition) is 0. The summed E-state index contributed by atoms with van der Waals surface area (Å²) >= 11 is 13.9. The molecule has 0 aliphatic carbocycles. The summed E-state index contributed by atoms with van der Waals surface area (Å²) in [6.45, 7) is 4.00. The zero-order valence-electron chi connectivity index (χ0n) is 7.98. The number of halogens is 4. The van der Waals surface area contributed by atoms with Crippen molar-refractivity contribution in [2.24, 2.45) is 0 Å². The molecule has 0 heterocycles. The maximum absolute atomic E-state index is 3.48. The summed E-state index contributed by atoms with van der Waals surface area (Å²) in [6.07, 6.45) is 0. The SMILES string of the molecule is BrB(Br)c1ccccc1B(Br)Br.CC. The van der Waals surface area contributed by atoms with Crippen molar-refractivity contribution >= 4 is 82.7 Å². The van der Waals surface area contributed by atoms with Crippen LogP contribution in [0.5, 0.6) is 0 Å². The van der Waals surface area contributed by atoms with Crippen LogP contribution < -0.4 is 10.9 Å². The standard InChI is InChI=1S/C6H4B2Br4.C2H6/c9-7(10)5-3-1-2-4-6(5)8(11)12;1-2/h1-4H;1-2H3. The Bertz CT molecular complexity index is 238. The molecular weight excluding hydrogens is 437 g/mol. The van der Waals surface area contributed by atoms with Crippen molar-refractivity contribution in [3.05, 3.63) is 24.3 Å². The summed E-state index contributed by atoms with van der Waals surface area (Å²) in [5.41, 5.74) is 2.47. The Labute approximate surface area is 120 Å². The van der Waals surface area contributed by atoms with Crippen LogP contribution in [0.25, 0.3) is 0 Å². The molecule has 0 bridgehead atoms. The van der Waals surface area contributed by atoms with Crippen LogP contribution in [-0.4, -0.2) is 8.72 Å². The minimum Gasteiger partial charge on any atom is -0.132 e. The summed E-state index contributed by atoms with van der Waals surface area (Å²) in [5, 5.41) is 0. The van der Waals surface area contributed by atoms with E-state index in [0.29, 0.717) is 0 Å². The summed E-state index contributed by atoms with van der Waals surface area (Å²) in [7, 11) is 0. The highest BCUT2D eigenvalue weighted by molar-refractivity contribution is 9.50. The minimum absolute atomic E-state index is 0.207. The normalized spacial score (nSPS) is 8.71. The highest BCUT2D eigenvalue weighted by Crippen LogP contribution is 2.07. The first-order chi connectivity index (χ1) is 6.63. The molecule has 0 radical (unpaired) electrons. The van der Waals surface area contributed by atoms with Crippen LogP contribution in [-0.2, 0) is 0 Å². The molecule has 1 aromatic rings. The van der Waals surface area contributed by atoms with Crippen molar-refractivity contribution in [2.45, 2.75) is 13.8 Å². The van der Waals surface area contributed by atoms with Crippen molar-refractivity contribution in [3.63, 3.8) is 0 Å². The Hall–Kier alpha value is 1.27. The van der Waals surface area contributed by atoms with Gasteiger partial charge in [0, 0.05) is 0 Å². The van der Waals surface area contributed by atoms with Crippen LogP contribution >= 0.6 is 63.0 Å². The van der Waals surface area contributed by atoms with Crippen molar-refractivity contribution in [1.82, 2.24) is 0 Å². The summed E-state index contributed by atoms with van der Waals surface area (Å²) in [6, 6.07) is 8.21. The molecule has 0 saturated heterocycles. The van der Waals surface area contributed by atoms with Gasteiger partial charge in [-0.25, -0.2) is 0 Å². The van der Waals surface area contributed by atoms with E-state index in [2.05, 4.69) is 75.2 Å². The molecule has 0 fully saturated rings. The second-order valence-corrected chi connectivity index (χ2v) is 8.35. The topological polar surface area (TPSA) is 0 Å². The van der Waals surface area contributed by atoms with Gasteiger partial charge in [0.1, 0.15) is 0 Å². The van der Waals surface area contributed by atoms with Gasteiger partial charge in [-0.3, -0.25) is 0 Å². The lowest BCUT2D eigenvalue weighted by molar-refractivity contribution is 1.50. The first kappa shape index (κ1) is 15.3. The largest absolute Gasteiger partial charge is 0.329 e. The molecular formula is C8H10B2Br4. The highest BCUT2D eigenvalue weighted by atomic mass is 79.9. The molecule has 0 atom stereocenters. The predicted octanol–water partition coefficient (Wildman–Crippen LogP) is 3.68. The molecule has 1 aromatic carbocycles. The van der Waals surface area contributed by atoms with E-state index in [-0.39, 0.29) is 8.72 Å². The third-order valence-corrected chi connectivity index (χ3v) is 3.44. The van der Waals surface area contributed by atoms with Crippen LogP contribution in [0.15, 0.2) is 24.3 Å². The van der Waals surface area contributed by atoms with E-state index in [1.807, 2.05) is 26.0 Å². The molecule has 0 saturated carbocycles. The first-order valence-corrected chi connectivity index (χ1v) is 7.94. The Morgan fingerprint density at radius 1 is 0.786 bits per heavy atom. The Balaban J connectivity index is 0.000000791. The molecule has 6 heteroatoms.